The molecule has 2 aromatic carbocycles. The molecule has 3 aromatic rings. The Balaban J connectivity index is 1.78. The summed E-state index contributed by atoms with van der Waals surface area (Å²) >= 11 is 0. The molecule has 0 aliphatic carbocycles. The molecule has 2 atom stereocenters. The van der Waals surface area contributed by atoms with Gasteiger partial charge in [0.15, 0.2) is 0 Å². The first-order valence-corrected chi connectivity index (χ1v) is 14.1. The van der Waals surface area contributed by atoms with E-state index >= 15 is 0 Å². The van der Waals surface area contributed by atoms with Gasteiger partial charge in [-0.3, -0.25) is 0 Å². The summed E-state index contributed by atoms with van der Waals surface area (Å²) in [6.07, 6.45) is -3.58. The van der Waals surface area contributed by atoms with Gasteiger partial charge >= 0.3 is 6.18 Å². The van der Waals surface area contributed by atoms with Crippen molar-refractivity contribution in [1.82, 2.24) is 9.97 Å². The molecule has 1 saturated heterocycles. The van der Waals surface area contributed by atoms with Crippen LogP contribution in [0.4, 0.5) is 24.7 Å². The Morgan fingerprint density at radius 2 is 1.91 bits per heavy atom. The number of fused-ring (bicyclic) bond motifs is 1. The molecule has 4 rings (SSSR count). The Morgan fingerprint density at radius 1 is 1.17 bits per heavy atom. The summed E-state index contributed by atoms with van der Waals surface area (Å²) in [5, 5.41) is 8.16. The number of anilines is 2. The maximum atomic E-state index is 13.4. The number of alkyl halides is 3. The summed E-state index contributed by atoms with van der Waals surface area (Å²) in [6.45, 7) is 9.71. The molecule has 0 unspecified atom stereocenters. The molecule has 0 radical (unpaired) electrons. The Labute approximate surface area is 203 Å². The number of halogens is 3. The molecule has 0 saturated carbocycles. The van der Waals surface area contributed by atoms with E-state index in [1.54, 1.807) is 33.2 Å². The molecule has 1 fully saturated rings. The summed E-state index contributed by atoms with van der Waals surface area (Å²) in [4.78, 5) is 9.12. The molecule has 1 aliphatic heterocycles. The third-order valence-electron chi connectivity index (χ3n) is 6.30. The predicted octanol–water partition coefficient (Wildman–Crippen LogP) is 5.89. The quantitative estimate of drug-likeness (QED) is 0.406. The Hall–Kier alpha value is -2.64. The van der Waals surface area contributed by atoms with E-state index in [2.05, 4.69) is 20.6 Å². The van der Waals surface area contributed by atoms with Crippen LogP contribution in [0.25, 0.3) is 10.9 Å². The molecule has 2 heterocycles. The third kappa shape index (κ3) is 5.46. The van der Waals surface area contributed by atoms with Gasteiger partial charge in [-0.2, -0.15) is 13.2 Å². The third-order valence-corrected chi connectivity index (χ3v) is 7.83. The fraction of sp³-hybridized carbons (Fsp3) is 0.440. The summed E-state index contributed by atoms with van der Waals surface area (Å²) in [5.41, 5.74) is 1.43. The second kappa shape index (κ2) is 9.43. The predicted molar refractivity (Wildman–Crippen MR) is 134 cm³/mol. The average molecular weight is 507 g/mol. The van der Waals surface area contributed by atoms with Gasteiger partial charge in [0, 0.05) is 23.0 Å². The number of aryl methyl sites for hydroxylation is 1. The van der Waals surface area contributed by atoms with E-state index < -0.39 is 24.9 Å². The van der Waals surface area contributed by atoms with Crippen LogP contribution in [0.2, 0.25) is 0 Å². The molecule has 10 heteroatoms. The number of hydrogen-bond donors (Lipinski definition) is 2. The maximum absolute atomic E-state index is 13.4. The summed E-state index contributed by atoms with van der Waals surface area (Å²) in [5.74, 6) is 1.02. The number of rotatable bonds is 6. The van der Waals surface area contributed by atoms with Crippen LogP contribution < -0.4 is 15.9 Å². The SMILES string of the molecule is Cc1nc(N[C@H](C)c2cccc(C(F)(F)F)c2C)c2cc(N[C@H]3CCOC3)c(P(C)(C)=O)cc2n1. The summed E-state index contributed by atoms with van der Waals surface area (Å²) < 4.78 is 58.9. The van der Waals surface area contributed by atoms with Crippen LogP contribution in [0.15, 0.2) is 30.3 Å². The van der Waals surface area contributed by atoms with Gasteiger partial charge in [-0.05, 0) is 69.8 Å². The molecule has 0 bridgehead atoms. The lowest BCUT2D eigenvalue weighted by atomic mass is 9.97. The van der Waals surface area contributed by atoms with Crippen LogP contribution in [-0.2, 0) is 15.5 Å². The Kier molecular flexibility index (Phi) is 6.86. The van der Waals surface area contributed by atoms with E-state index in [-0.39, 0.29) is 11.6 Å². The van der Waals surface area contributed by atoms with Crippen molar-refractivity contribution in [2.24, 2.45) is 0 Å². The Bertz CT molecular complexity index is 1300. The minimum atomic E-state index is -4.42. The minimum absolute atomic E-state index is 0.104. The van der Waals surface area contributed by atoms with Crippen molar-refractivity contribution >= 4 is 34.9 Å². The molecule has 1 aromatic heterocycles. The highest BCUT2D eigenvalue weighted by Crippen LogP contribution is 2.41. The zero-order valence-electron chi connectivity index (χ0n) is 20.5. The first kappa shape index (κ1) is 25.5. The van der Waals surface area contributed by atoms with Gasteiger partial charge in [0.05, 0.1) is 29.8 Å². The second-order valence-electron chi connectivity index (χ2n) is 9.45. The smallest absolute Gasteiger partial charge is 0.379 e. The second-order valence-corrected chi connectivity index (χ2v) is 12.6. The molecule has 2 N–H and O–H groups in total. The van der Waals surface area contributed by atoms with Gasteiger partial charge < -0.3 is 19.9 Å². The maximum Gasteiger partial charge on any atom is 0.416 e. The van der Waals surface area contributed by atoms with Crippen LogP contribution in [-0.4, -0.2) is 42.6 Å². The molecular formula is C25H30F3N4O2P. The van der Waals surface area contributed by atoms with Gasteiger partial charge in [0.25, 0.3) is 0 Å². The average Bonchev–Trinajstić information content (AvgIpc) is 3.25. The lowest BCUT2D eigenvalue weighted by molar-refractivity contribution is -0.138. The van der Waals surface area contributed by atoms with Crippen LogP contribution in [0.3, 0.4) is 0 Å². The van der Waals surface area contributed by atoms with Crippen molar-refractivity contribution in [1.29, 1.82) is 0 Å². The van der Waals surface area contributed by atoms with Crippen LogP contribution >= 0.6 is 7.14 Å². The van der Waals surface area contributed by atoms with E-state index in [0.29, 0.717) is 46.6 Å². The Morgan fingerprint density at radius 3 is 2.54 bits per heavy atom. The van der Waals surface area contributed by atoms with Crippen LogP contribution in [0.1, 0.15) is 41.9 Å². The van der Waals surface area contributed by atoms with Crippen molar-refractivity contribution in [3.05, 3.63) is 52.8 Å². The first-order chi connectivity index (χ1) is 16.3. The minimum Gasteiger partial charge on any atom is -0.379 e. The van der Waals surface area contributed by atoms with Crippen LogP contribution in [0, 0.1) is 13.8 Å². The number of ether oxygens (including phenoxy) is 1. The van der Waals surface area contributed by atoms with Gasteiger partial charge in [0.2, 0.25) is 0 Å². The van der Waals surface area contributed by atoms with E-state index in [4.69, 9.17) is 4.74 Å². The van der Waals surface area contributed by atoms with Crippen molar-refractivity contribution in [3.63, 3.8) is 0 Å². The van der Waals surface area contributed by atoms with Crippen molar-refractivity contribution in [3.8, 4) is 0 Å². The highest BCUT2D eigenvalue weighted by Gasteiger charge is 2.33. The lowest BCUT2D eigenvalue weighted by Gasteiger charge is -2.23. The highest BCUT2D eigenvalue weighted by atomic mass is 31.2. The number of nitrogens with zero attached hydrogens (tertiary/aromatic N) is 2. The van der Waals surface area contributed by atoms with E-state index in [1.165, 1.54) is 13.0 Å². The largest absolute Gasteiger partial charge is 0.416 e. The number of aromatic nitrogens is 2. The summed E-state index contributed by atoms with van der Waals surface area (Å²) in [6, 6.07) is 7.57. The topological polar surface area (TPSA) is 76.1 Å². The summed E-state index contributed by atoms with van der Waals surface area (Å²) in [7, 11) is -2.64. The highest BCUT2D eigenvalue weighted by molar-refractivity contribution is 7.70. The standard InChI is InChI=1S/C25H30F3N4O2P/c1-14-18(7-6-8-20(14)25(26,27)28)15(2)29-24-19-11-22(32-17-9-10-34-13-17)23(35(4,5)33)12-21(19)30-16(3)31-24/h6-8,11-12,15,17,32H,9-10,13H2,1-5H3,(H,29,30,31)/t15-,17+/m1/s1. The molecule has 6 nitrogen and oxygen atoms in total. The van der Waals surface area contributed by atoms with Crippen molar-refractivity contribution in [2.75, 3.05) is 37.2 Å². The van der Waals surface area contributed by atoms with E-state index in [9.17, 15) is 17.7 Å². The molecule has 35 heavy (non-hydrogen) atoms. The zero-order chi connectivity index (χ0) is 25.5. The van der Waals surface area contributed by atoms with E-state index in [0.717, 1.165) is 18.2 Å². The number of benzene rings is 2. The molecular weight excluding hydrogens is 476 g/mol. The normalized spacial score (nSPS) is 17.5. The van der Waals surface area contributed by atoms with Crippen molar-refractivity contribution in [2.45, 2.75) is 45.5 Å². The first-order valence-electron chi connectivity index (χ1n) is 11.5. The molecule has 1 aliphatic rings. The number of nitrogens with one attached hydrogen (secondary N) is 2. The lowest BCUT2D eigenvalue weighted by Crippen LogP contribution is -2.23. The molecule has 0 spiro atoms. The van der Waals surface area contributed by atoms with Gasteiger partial charge in [-0.25, -0.2) is 9.97 Å². The van der Waals surface area contributed by atoms with Gasteiger partial charge in [-0.1, -0.05) is 12.1 Å². The van der Waals surface area contributed by atoms with Crippen LogP contribution in [0.5, 0.6) is 0 Å². The van der Waals surface area contributed by atoms with Gasteiger partial charge in [-0.15, -0.1) is 0 Å². The van der Waals surface area contributed by atoms with E-state index in [1.807, 2.05) is 12.1 Å². The molecule has 0 amide bonds. The number of hydrogen-bond acceptors (Lipinski definition) is 6. The van der Waals surface area contributed by atoms with Crippen molar-refractivity contribution < 1.29 is 22.5 Å². The van der Waals surface area contributed by atoms with Gasteiger partial charge in [0.1, 0.15) is 18.8 Å². The zero-order valence-corrected chi connectivity index (χ0v) is 21.3. The fourth-order valence-corrected chi connectivity index (χ4v) is 5.68. The monoisotopic (exact) mass is 506 g/mol. The molecule has 188 valence electrons. The fourth-order valence-electron chi connectivity index (χ4n) is 4.53.